The monoisotopic (exact) mass is 221 g/mol. The third-order valence-electron chi connectivity index (χ3n) is 2.25. The van der Waals surface area contributed by atoms with Crippen molar-refractivity contribution in [1.82, 2.24) is 0 Å². The average molecular weight is 221 g/mol. The predicted molar refractivity (Wildman–Crippen MR) is 60.1 cm³/mol. The van der Waals surface area contributed by atoms with Crippen LogP contribution in [0.25, 0.3) is 0 Å². The molecule has 0 aromatic heterocycles. The highest BCUT2D eigenvalue weighted by molar-refractivity contribution is 5.78. The molecule has 4 heteroatoms. The Kier molecular flexibility index (Phi) is 4.19. The number of rotatable bonds is 5. The van der Waals surface area contributed by atoms with Crippen LogP contribution < -0.4 is 5.73 Å². The number of carboxylic acids is 1. The molecule has 0 aliphatic carbocycles. The summed E-state index contributed by atoms with van der Waals surface area (Å²) in [5.41, 5.74) is 7.21. The molecule has 0 spiro atoms. The van der Waals surface area contributed by atoms with Crippen LogP contribution >= 0.6 is 0 Å². The van der Waals surface area contributed by atoms with Gasteiger partial charge in [0.2, 0.25) is 0 Å². The highest BCUT2D eigenvalue weighted by Crippen LogP contribution is 2.07. The van der Waals surface area contributed by atoms with Gasteiger partial charge in [-0.15, -0.1) is 0 Å². The number of hydrogen-bond donors (Lipinski definition) is 2. The van der Waals surface area contributed by atoms with E-state index in [1.54, 1.807) is 12.1 Å². The van der Waals surface area contributed by atoms with Gasteiger partial charge in [0.05, 0.1) is 0 Å². The fraction of sp³-hybridized carbons (Fsp3) is 0.333. The third kappa shape index (κ3) is 3.82. The molecule has 0 saturated heterocycles. The molecule has 0 radical (unpaired) electrons. The number of carbonyl (C=O) groups excluding carboxylic acids is 1. The van der Waals surface area contributed by atoms with Crippen LogP contribution in [0.5, 0.6) is 0 Å². The van der Waals surface area contributed by atoms with Crippen molar-refractivity contribution >= 4 is 11.8 Å². The SMILES string of the molecule is CC(=O)Cc1ccc(C[C@H](N)C(=O)O)cc1. The molecule has 0 saturated carbocycles. The van der Waals surface area contributed by atoms with E-state index in [0.717, 1.165) is 11.1 Å². The lowest BCUT2D eigenvalue weighted by atomic mass is 10.0. The summed E-state index contributed by atoms with van der Waals surface area (Å²) in [6.07, 6.45) is 0.709. The number of aliphatic carboxylic acids is 1. The summed E-state index contributed by atoms with van der Waals surface area (Å²) >= 11 is 0. The minimum Gasteiger partial charge on any atom is -0.480 e. The fourth-order valence-corrected chi connectivity index (χ4v) is 1.42. The first-order valence-corrected chi connectivity index (χ1v) is 5.04. The van der Waals surface area contributed by atoms with Crippen molar-refractivity contribution in [3.63, 3.8) is 0 Å². The van der Waals surface area contributed by atoms with Crippen molar-refractivity contribution in [3.05, 3.63) is 35.4 Å². The van der Waals surface area contributed by atoms with Crippen LogP contribution in [0.3, 0.4) is 0 Å². The molecule has 1 rings (SSSR count). The Bertz CT molecular complexity index is 384. The first-order valence-electron chi connectivity index (χ1n) is 5.04. The molecular weight excluding hydrogens is 206 g/mol. The van der Waals surface area contributed by atoms with Crippen molar-refractivity contribution in [2.24, 2.45) is 5.73 Å². The van der Waals surface area contributed by atoms with Gasteiger partial charge in [0.25, 0.3) is 0 Å². The van der Waals surface area contributed by atoms with Crippen molar-refractivity contribution in [2.45, 2.75) is 25.8 Å². The molecule has 0 amide bonds. The van der Waals surface area contributed by atoms with Crippen molar-refractivity contribution in [2.75, 3.05) is 0 Å². The molecule has 0 aliphatic heterocycles. The molecule has 0 bridgehead atoms. The number of ketones is 1. The van der Waals surface area contributed by atoms with Gasteiger partial charge in [-0.05, 0) is 24.5 Å². The van der Waals surface area contributed by atoms with Crippen LogP contribution in [0, 0.1) is 0 Å². The molecule has 3 N–H and O–H groups in total. The van der Waals surface area contributed by atoms with Crippen LogP contribution in [0.4, 0.5) is 0 Å². The van der Waals surface area contributed by atoms with E-state index in [0.29, 0.717) is 12.8 Å². The normalized spacial score (nSPS) is 12.1. The molecule has 86 valence electrons. The van der Waals surface area contributed by atoms with Gasteiger partial charge in [-0.2, -0.15) is 0 Å². The van der Waals surface area contributed by atoms with E-state index in [1.807, 2.05) is 12.1 Å². The number of carbonyl (C=O) groups is 2. The lowest BCUT2D eigenvalue weighted by molar-refractivity contribution is -0.138. The Morgan fingerprint density at radius 1 is 1.25 bits per heavy atom. The zero-order valence-corrected chi connectivity index (χ0v) is 9.14. The zero-order valence-electron chi connectivity index (χ0n) is 9.14. The standard InChI is InChI=1S/C12H15NO3/c1-8(14)6-9-2-4-10(5-3-9)7-11(13)12(15)16/h2-5,11H,6-7,13H2,1H3,(H,15,16)/t11-/m0/s1. The second-order valence-corrected chi connectivity index (χ2v) is 3.84. The Balaban J connectivity index is 2.64. The second kappa shape index (κ2) is 5.42. The Hall–Kier alpha value is -1.68. The summed E-state index contributed by atoms with van der Waals surface area (Å²) in [6, 6.07) is 6.39. The van der Waals surface area contributed by atoms with Gasteiger partial charge in [0.15, 0.2) is 0 Å². The van der Waals surface area contributed by atoms with E-state index in [4.69, 9.17) is 10.8 Å². The molecule has 0 aliphatic rings. The smallest absolute Gasteiger partial charge is 0.320 e. The van der Waals surface area contributed by atoms with Gasteiger partial charge >= 0.3 is 5.97 Å². The maximum absolute atomic E-state index is 10.9. The summed E-state index contributed by atoms with van der Waals surface area (Å²) in [5, 5.41) is 8.65. The summed E-state index contributed by atoms with van der Waals surface area (Å²) in [6.45, 7) is 1.54. The number of Topliss-reactive ketones (excluding diaryl/α,β-unsaturated/α-hetero) is 1. The van der Waals surface area contributed by atoms with Crippen molar-refractivity contribution < 1.29 is 14.7 Å². The van der Waals surface area contributed by atoms with Gasteiger partial charge in [-0.1, -0.05) is 24.3 Å². The first-order chi connectivity index (χ1) is 7.49. The summed E-state index contributed by atoms with van der Waals surface area (Å²) in [7, 11) is 0. The van der Waals surface area contributed by atoms with E-state index in [-0.39, 0.29) is 5.78 Å². The molecular formula is C12H15NO3. The van der Waals surface area contributed by atoms with Crippen molar-refractivity contribution in [3.8, 4) is 0 Å². The second-order valence-electron chi connectivity index (χ2n) is 3.84. The fourth-order valence-electron chi connectivity index (χ4n) is 1.42. The summed E-state index contributed by atoms with van der Waals surface area (Å²) < 4.78 is 0. The summed E-state index contributed by atoms with van der Waals surface area (Å²) in [4.78, 5) is 21.4. The highest BCUT2D eigenvalue weighted by Gasteiger charge is 2.11. The van der Waals surface area contributed by atoms with Gasteiger partial charge in [-0.3, -0.25) is 9.59 Å². The van der Waals surface area contributed by atoms with E-state index >= 15 is 0 Å². The van der Waals surface area contributed by atoms with Crippen molar-refractivity contribution in [1.29, 1.82) is 0 Å². The molecule has 0 unspecified atom stereocenters. The lowest BCUT2D eigenvalue weighted by Crippen LogP contribution is -2.32. The van der Waals surface area contributed by atoms with Crippen LogP contribution in [0.1, 0.15) is 18.1 Å². The zero-order chi connectivity index (χ0) is 12.1. The minimum atomic E-state index is -1.01. The van der Waals surface area contributed by atoms with Crippen LogP contribution in [-0.4, -0.2) is 22.9 Å². The number of carboxylic acid groups (broad SMARTS) is 1. The third-order valence-corrected chi connectivity index (χ3v) is 2.25. The van der Waals surface area contributed by atoms with Gasteiger partial charge in [-0.25, -0.2) is 0 Å². The first kappa shape index (κ1) is 12.4. The number of hydrogen-bond acceptors (Lipinski definition) is 3. The Morgan fingerprint density at radius 3 is 2.19 bits per heavy atom. The maximum Gasteiger partial charge on any atom is 0.320 e. The molecule has 0 fully saturated rings. The maximum atomic E-state index is 10.9. The van der Waals surface area contributed by atoms with Crippen LogP contribution in [-0.2, 0) is 22.4 Å². The largest absolute Gasteiger partial charge is 0.480 e. The molecule has 1 aromatic rings. The Labute approximate surface area is 94.1 Å². The van der Waals surface area contributed by atoms with E-state index in [9.17, 15) is 9.59 Å². The Morgan fingerprint density at radius 2 is 1.75 bits per heavy atom. The predicted octanol–water partition coefficient (Wildman–Crippen LogP) is 0.772. The van der Waals surface area contributed by atoms with E-state index in [1.165, 1.54) is 6.92 Å². The number of benzene rings is 1. The molecule has 1 atom stereocenters. The average Bonchev–Trinajstić information content (AvgIpc) is 2.20. The molecule has 16 heavy (non-hydrogen) atoms. The molecule has 4 nitrogen and oxygen atoms in total. The van der Waals surface area contributed by atoms with Crippen LogP contribution in [0.2, 0.25) is 0 Å². The van der Waals surface area contributed by atoms with E-state index in [2.05, 4.69) is 0 Å². The lowest BCUT2D eigenvalue weighted by Gasteiger charge is -2.06. The molecule has 0 heterocycles. The molecule has 1 aromatic carbocycles. The van der Waals surface area contributed by atoms with Gasteiger partial charge < -0.3 is 10.8 Å². The topological polar surface area (TPSA) is 80.4 Å². The quantitative estimate of drug-likeness (QED) is 0.769. The highest BCUT2D eigenvalue weighted by atomic mass is 16.4. The van der Waals surface area contributed by atoms with Gasteiger partial charge in [0.1, 0.15) is 11.8 Å². The van der Waals surface area contributed by atoms with E-state index < -0.39 is 12.0 Å². The number of nitrogens with two attached hydrogens (primary N) is 1. The minimum absolute atomic E-state index is 0.106. The van der Waals surface area contributed by atoms with Crippen LogP contribution in [0.15, 0.2) is 24.3 Å². The van der Waals surface area contributed by atoms with Gasteiger partial charge in [0, 0.05) is 6.42 Å². The summed E-state index contributed by atoms with van der Waals surface area (Å²) in [5.74, 6) is -0.900.